The predicted molar refractivity (Wildman–Crippen MR) is 117 cm³/mol. The standard InChI is InChI=1S/C19H24Cl2N4O2S/c1-3-22-18(25-12-19(2,27)16-5-4-10-28-16)24-9-8-23-17(26)13-6-7-14(20)15(21)11-13/h4-7,10-11,27H,3,8-9,12H2,1-2H3,(H,23,26)(H2,22,24,25). The van der Waals surface area contributed by atoms with E-state index in [0.29, 0.717) is 41.2 Å². The Morgan fingerprint density at radius 2 is 1.93 bits per heavy atom. The van der Waals surface area contributed by atoms with E-state index in [-0.39, 0.29) is 12.5 Å². The maximum absolute atomic E-state index is 12.1. The minimum absolute atomic E-state index is 0.221. The second-order valence-electron chi connectivity index (χ2n) is 6.26. The third kappa shape index (κ3) is 6.67. The number of carbonyl (C=O) groups excluding carboxylic acids is 1. The second kappa shape index (κ2) is 10.7. The van der Waals surface area contributed by atoms with Crippen molar-refractivity contribution in [3.8, 4) is 0 Å². The van der Waals surface area contributed by atoms with Crippen molar-refractivity contribution < 1.29 is 9.90 Å². The number of thiophene rings is 1. The third-order valence-corrected chi connectivity index (χ3v) is 5.69. The lowest BCUT2D eigenvalue weighted by Gasteiger charge is -2.20. The van der Waals surface area contributed by atoms with Crippen molar-refractivity contribution in [1.29, 1.82) is 0 Å². The summed E-state index contributed by atoms with van der Waals surface area (Å²) in [7, 11) is 0. The van der Waals surface area contributed by atoms with Gasteiger partial charge < -0.3 is 21.1 Å². The average Bonchev–Trinajstić information content (AvgIpc) is 3.21. The highest BCUT2D eigenvalue weighted by Gasteiger charge is 2.23. The van der Waals surface area contributed by atoms with Crippen LogP contribution in [0.2, 0.25) is 10.0 Å². The lowest BCUT2D eigenvalue weighted by atomic mass is 10.1. The Labute approximate surface area is 179 Å². The molecule has 1 atom stereocenters. The summed E-state index contributed by atoms with van der Waals surface area (Å²) in [4.78, 5) is 17.5. The number of aliphatic hydroxyl groups is 1. The average molecular weight is 443 g/mol. The Hall–Kier alpha value is -1.80. The number of guanidine groups is 1. The molecular weight excluding hydrogens is 419 g/mol. The van der Waals surface area contributed by atoms with Gasteiger partial charge in [0.1, 0.15) is 5.60 Å². The molecule has 0 aliphatic carbocycles. The Balaban J connectivity index is 1.84. The number of hydrogen-bond donors (Lipinski definition) is 4. The quantitative estimate of drug-likeness (QED) is 0.287. The van der Waals surface area contributed by atoms with E-state index in [0.717, 1.165) is 4.88 Å². The highest BCUT2D eigenvalue weighted by Crippen LogP contribution is 2.25. The topological polar surface area (TPSA) is 85.8 Å². The maximum atomic E-state index is 12.1. The van der Waals surface area contributed by atoms with Crippen molar-refractivity contribution in [2.75, 3.05) is 26.2 Å². The van der Waals surface area contributed by atoms with E-state index in [9.17, 15) is 9.90 Å². The molecule has 1 heterocycles. The molecule has 0 fully saturated rings. The van der Waals surface area contributed by atoms with Crippen molar-refractivity contribution in [1.82, 2.24) is 16.0 Å². The van der Waals surface area contributed by atoms with Crippen LogP contribution in [0.1, 0.15) is 29.1 Å². The van der Waals surface area contributed by atoms with Crippen LogP contribution in [0.5, 0.6) is 0 Å². The van der Waals surface area contributed by atoms with Gasteiger partial charge in [0.15, 0.2) is 5.96 Å². The monoisotopic (exact) mass is 442 g/mol. The molecule has 1 aromatic carbocycles. The Kier molecular flexibility index (Phi) is 8.57. The van der Waals surface area contributed by atoms with E-state index in [2.05, 4.69) is 20.9 Å². The minimum atomic E-state index is -1.03. The fourth-order valence-corrected chi connectivity index (χ4v) is 3.41. The van der Waals surface area contributed by atoms with E-state index in [4.69, 9.17) is 23.2 Å². The molecule has 2 aromatic rings. The van der Waals surface area contributed by atoms with Gasteiger partial charge in [-0.25, -0.2) is 4.99 Å². The van der Waals surface area contributed by atoms with E-state index < -0.39 is 5.60 Å². The number of amides is 1. The van der Waals surface area contributed by atoms with E-state index >= 15 is 0 Å². The van der Waals surface area contributed by atoms with Gasteiger partial charge in [-0.1, -0.05) is 29.3 Å². The van der Waals surface area contributed by atoms with Crippen molar-refractivity contribution in [3.05, 3.63) is 56.2 Å². The number of halogens is 2. The Morgan fingerprint density at radius 3 is 2.57 bits per heavy atom. The zero-order valence-corrected chi connectivity index (χ0v) is 18.1. The van der Waals surface area contributed by atoms with Crippen LogP contribution < -0.4 is 16.0 Å². The second-order valence-corrected chi connectivity index (χ2v) is 8.02. The van der Waals surface area contributed by atoms with Gasteiger partial charge in [-0.05, 0) is 43.5 Å². The molecule has 1 amide bonds. The molecule has 1 aromatic heterocycles. The number of nitrogens with one attached hydrogen (secondary N) is 3. The summed E-state index contributed by atoms with van der Waals surface area (Å²) in [6.07, 6.45) is 0. The van der Waals surface area contributed by atoms with Crippen LogP contribution in [0.4, 0.5) is 0 Å². The highest BCUT2D eigenvalue weighted by molar-refractivity contribution is 7.10. The zero-order valence-electron chi connectivity index (χ0n) is 15.8. The molecule has 4 N–H and O–H groups in total. The molecular formula is C19H24Cl2N4O2S. The summed E-state index contributed by atoms with van der Waals surface area (Å²) >= 11 is 13.3. The molecule has 0 saturated heterocycles. The predicted octanol–water partition coefficient (Wildman–Crippen LogP) is 3.25. The third-order valence-electron chi connectivity index (χ3n) is 3.83. The van der Waals surface area contributed by atoms with Gasteiger partial charge in [0.2, 0.25) is 0 Å². The van der Waals surface area contributed by atoms with Gasteiger partial charge in [0.05, 0.1) is 16.6 Å². The molecule has 0 aliphatic rings. The van der Waals surface area contributed by atoms with Gasteiger partial charge >= 0.3 is 0 Å². The number of nitrogens with zero attached hydrogens (tertiary/aromatic N) is 1. The molecule has 9 heteroatoms. The fraction of sp³-hybridized carbons (Fsp3) is 0.368. The highest BCUT2D eigenvalue weighted by atomic mass is 35.5. The first-order chi connectivity index (χ1) is 13.3. The van der Waals surface area contributed by atoms with Crippen LogP contribution in [-0.2, 0) is 5.60 Å². The molecule has 0 saturated carbocycles. The van der Waals surface area contributed by atoms with Gasteiger partial charge in [0.25, 0.3) is 5.91 Å². The van der Waals surface area contributed by atoms with Crippen molar-refractivity contribution in [2.45, 2.75) is 19.4 Å². The summed E-state index contributed by atoms with van der Waals surface area (Å²) in [6, 6.07) is 8.53. The van der Waals surface area contributed by atoms with Crippen molar-refractivity contribution in [2.24, 2.45) is 4.99 Å². The molecule has 6 nitrogen and oxygen atoms in total. The molecule has 0 radical (unpaired) electrons. The van der Waals surface area contributed by atoms with Crippen LogP contribution >= 0.6 is 34.5 Å². The molecule has 152 valence electrons. The molecule has 2 rings (SSSR count). The number of rotatable bonds is 8. The van der Waals surface area contributed by atoms with Crippen molar-refractivity contribution >= 4 is 46.4 Å². The summed E-state index contributed by atoms with van der Waals surface area (Å²) in [6.45, 7) is 5.47. The van der Waals surface area contributed by atoms with Crippen LogP contribution in [0, 0.1) is 0 Å². The van der Waals surface area contributed by atoms with E-state index in [1.54, 1.807) is 19.1 Å². The number of carbonyl (C=O) groups is 1. The van der Waals surface area contributed by atoms with Crippen LogP contribution in [0.15, 0.2) is 40.7 Å². The van der Waals surface area contributed by atoms with Gasteiger partial charge in [-0.15, -0.1) is 11.3 Å². The molecule has 1 unspecified atom stereocenters. The first kappa shape index (κ1) is 22.5. The number of benzene rings is 1. The van der Waals surface area contributed by atoms with Crippen LogP contribution in [-0.4, -0.2) is 43.2 Å². The van der Waals surface area contributed by atoms with Gasteiger partial charge in [0, 0.05) is 30.1 Å². The normalized spacial score (nSPS) is 13.7. The van der Waals surface area contributed by atoms with E-state index in [1.807, 2.05) is 24.4 Å². The molecule has 28 heavy (non-hydrogen) atoms. The molecule has 0 bridgehead atoms. The van der Waals surface area contributed by atoms with E-state index in [1.165, 1.54) is 17.4 Å². The smallest absolute Gasteiger partial charge is 0.251 e. The zero-order chi connectivity index (χ0) is 20.6. The fourth-order valence-electron chi connectivity index (χ4n) is 2.33. The molecule has 0 aliphatic heterocycles. The summed E-state index contributed by atoms with van der Waals surface area (Å²) in [5.41, 5.74) is -0.583. The maximum Gasteiger partial charge on any atom is 0.251 e. The minimum Gasteiger partial charge on any atom is -0.383 e. The van der Waals surface area contributed by atoms with Crippen molar-refractivity contribution in [3.63, 3.8) is 0 Å². The molecule has 0 spiro atoms. The van der Waals surface area contributed by atoms with Crippen LogP contribution in [0.3, 0.4) is 0 Å². The van der Waals surface area contributed by atoms with Gasteiger partial charge in [-0.2, -0.15) is 0 Å². The SMILES string of the molecule is CCNC(=NCC(C)(O)c1cccs1)NCCNC(=O)c1ccc(Cl)c(Cl)c1. The lowest BCUT2D eigenvalue weighted by molar-refractivity contribution is 0.0711. The van der Waals surface area contributed by atoms with Crippen LogP contribution in [0.25, 0.3) is 0 Å². The first-order valence-corrected chi connectivity index (χ1v) is 10.5. The largest absolute Gasteiger partial charge is 0.383 e. The van der Waals surface area contributed by atoms with Gasteiger partial charge in [-0.3, -0.25) is 4.79 Å². The number of hydrogen-bond acceptors (Lipinski definition) is 4. The Bertz CT molecular complexity index is 810. The summed E-state index contributed by atoms with van der Waals surface area (Å²) in [5, 5.41) is 22.3. The summed E-state index contributed by atoms with van der Waals surface area (Å²) < 4.78 is 0. The Morgan fingerprint density at radius 1 is 1.18 bits per heavy atom. The summed E-state index contributed by atoms with van der Waals surface area (Å²) in [5.74, 6) is 0.339. The first-order valence-electron chi connectivity index (χ1n) is 8.85. The lowest BCUT2D eigenvalue weighted by Crippen LogP contribution is -2.42. The number of aliphatic imine (C=N–C) groups is 1.